The molecule has 0 saturated carbocycles. The molecule has 2 rings (SSSR count). The molecule has 0 aromatic heterocycles. The van der Waals surface area contributed by atoms with E-state index in [0.29, 0.717) is 12.1 Å². The summed E-state index contributed by atoms with van der Waals surface area (Å²) in [7, 11) is 1.60. The average molecular weight is 320 g/mol. The third kappa shape index (κ3) is 5.22. The van der Waals surface area contributed by atoms with Gasteiger partial charge in [-0.2, -0.15) is 0 Å². The minimum Gasteiger partial charge on any atom is -0.497 e. The SMILES string of the molecule is COc1ccc(C(=O)NC[C@H](O)CN2CCC(C)CC2)c(C)c1. The van der Waals surface area contributed by atoms with Gasteiger partial charge in [-0.25, -0.2) is 0 Å². The molecule has 5 nitrogen and oxygen atoms in total. The fraction of sp³-hybridized carbons (Fsp3) is 0.611. The number of carbonyl (C=O) groups excluding carboxylic acids is 1. The van der Waals surface area contributed by atoms with Crippen LogP contribution in [0.15, 0.2) is 18.2 Å². The molecule has 0 radical (unpaired) electrons. The van der Waals surface area contributed by atoms with Crippen molar-refractivity contribution in [3.05, 3.63) is 29.3 Å². The van der Waals surface area contributed by atoms with Crippen molar-refractivity contribution in [2.75, 3.05) is 33.3 Å². The molecule has 1 saturated heterocycles. The van der Waals surface area contributed by atoms with Gasteiger partial charge in [0, 0.05) is 18.7 Å². The second kappa shape index (κ2) is 8.31. The van der Waals surface area contributed by atoms with Gasteiger partial charge < -0.3 is 20.1 Å². The standard InChI is InChI=1S/C18H28N2O3/c1-13-6-8-20(9-7-13)12-15(21)11-19-18(22)17-5-4-16(23-3)10-14(17)2/h4-5,10,13,15,21H,6-9,11-12H2,1-3H3,(H,19,22)/t15-/m0/s1. The van der Waals surface area contributed by atoms with Crippen LogP contribution >= 0.6 is 0 Å². The van der Waals surface area contributed by atoms with Gasteiger partial charge in [-0.3, -0.25) is 4.79 Å². The Morgan fingerprint density at radius 1 is 1.43 bits per heavy atom. The third-order valence-corrected chi connectivity index (χ3v) is 4.52. The highest BCUT2D eigenvalue weighted by Gasteiger charge is 2.19. The maximum Gasteiger partial charge on any atom is 0.251 e. The number of hydrogen-bond acceptors (Lipinski definition) is 4. The summed E-state index contributed by atoms with van der Waals surface area (Å²) < 4.78 is 5.14. The zero-order valence-corrected chi connectivity index (χ0v) is 14.3. The van der Waals surface area contributed by atoms with Crippen molar-refractivity contribution in [3.8, 4) is 5.75 Å². The zero-order chi connectivity index (χ0) is 16.8. The number of rotatable bonds is 6. The molecule has 1 aliphatic rings. The van der Waals surface area contributed by atoms with Gasteiger partial charge in [-0.1, -0.05) is 6.92 Å². The van der Waals surface area contributed by atoms with Crippen molar-refractivity contribution < 1.29 is 14.6 Å². The van der Waals surface area contributed by atoms with E-state index in [1.54, 1.807) is 19.2 Å². The van der Waals surface area contributed by atoms with Crippen molar-refractivity contribution in [1.82, 2.24) is 10.2 Å². The van der Waals surface area contributed by atoms with Gasteiger partial charge in [0.2, 0.25) is 0 Å². The van der Waals surface area contributed by atoms with E-state index in [4.69, 9.17) is 4.74 Å². The van der Waals surface area contributed by atoms with Crippen LogP contribution in [0.2, 0.25) is 0 Å². The van der Waals surface area contributed by atoms with Crippen LogP contribution < -0.4 is 10.1 Å². The fourth-order valence-electron chi connectivity index (χ4n) is 2.93. The first-order chi connectivity index (χ1) is 11.0. The van der Waals surface area contributed by atoms with Crippen LogP contribution in [-0.4, -0.2) is 55.3 Å². The molecule has 2 N–H and O–H groups in total. The van der Waals surface area contributed by atoms with E-state index in [1.165, 1.54) is 12.8 Å². The molecule has 0 bridgehead atoms. The molecule has 1 fully saturated rings. The maximum absolute atomic E-state index is 12.2. The van der Waals surface area contributed by atoms with Crippen LogP contribution in [0.25, 0.3) is 0 Å². The molecule has 1 atom stereocenters. The minimum atomic E-state index is -0.536. The highest BCUT2D eigenvalue weighted by Crippen LogP contribution is 2.17. The molecule has 1 amide bonds. The summed E-state index contributed by atoms with van der Waals surface area (Å²) in [5, 5.41) is 13.0. The first kappa shape index (κ1) is 17.8. The van der Waals surface area contributed by atoms with Crippen LogP contribution in [0, 0.1) is 12.8 Å². The monoisotopic (exact) mass is 320 g/mol. The Bertz CT molecular complexity index is 525. The number of benzene rings is 1. The lowest BCUT2D eigenvalue weighted by atomic mass is 9.99. The Hall–Kier alpha value is -1.59. The largest absolute Gasteiger partial charge is 0.497 e. The number of amides is 1. The second-order valence-electron chi connectivity index (χ2n) is 6.53. The van der Waals surface area contributed by atoms with Crippen molar-refractivity contribution in [1.29, 1.82) is 0 Å². The highest BCUT2D eigenvalue weighted by atomic mass is 16.5. The van der Waals surface area contributed by atoms with E-state index >= 15 is 0 Å². The van der Waals surface area contributed by atoms with E-state index in [0.717, 1.165) is 30.3 Å². The topological polar surface area (TPSA) is 61.8 Å². The maximum atomic E-state index is 12.2. The Kier molecular flexibility index (Phi) is 6.42. The number of nitrogens with one attached hydrogen (secondary N) is 1. The number of β-amino-alcohol motifs (C(OH)–C–C–N with tert-alkyl or cyclic N) is 1. The van der Waals surface area contributed by atoms with Crippen LogP contribution in [-0.2, 0) is 0 Å². The summed E-state index contributed by atoms with van der Waals surface area (Å²) in [6.45, 7) is 7.10. The molecule has 128 valence electrons. The molecule has 0 spiro atoms. The van der Waals surface area contributed by atoms with Crippen molar-refractivity contribution in [2.45, 2.75) is 32.8 Å². The number of nitrogens with zero attached hydrogens (tertiary/aromatic N) is 1. The van der Waals surface area contributed by atoms with Gasteiger partial charge in [0.25, 0.3) is 5.91 Å². The summed E-state index contributed by atoms with van der Waals surface area (Å²) >= 11 is 0. The Morgan fingerprint density at radius 2 is 2.13 bits per heavy atom. The molecular weight excluding hydrogens is 292 g/mol. The summed E-state index contributed by atoms with van der Waals surface area (Å²) in [6, 6.07) is 5.36. The Labute approximate surface area is 138 Å². The van der Waals surface area contributed by atoms with E-state index < -0.39 is 6.10 Å². The summed E-state index contributed by atoms with van der Waals surface area (Å²) in [6.07, 6.45) is 1.83. The number of methoxy groups -OCH3 is 1. The number of aliphatic hydroxyl groups excluding tert-OH is 1. The lowest BCUT2D eigenvalue weighted by molar-refractivity contribution is 0.0795. The first-order valence-electron chi connectivity index (χ1n) is 8.33. The Morgan fingerprint density at radius 3 is 2.74 bits per heavy atom. The summed E-state index contributed by atoms with van der Waals surface area (Å²) in [4.78, 5) is 14.5. The van der Waals surface area contributed by atoms with Crippen LogP contribution in [0.5, 0.6) is 5.75 Å². The van der Waals surface area contributed by atoms with Gasteiger partial charge in [0.05, 0.1) is 13.2 Å². The molecule has 1 aliphatic heterocycles. The number of carbonyl (C=O) groups is 1. The molecule has 1 heterocycles. The zero-order valence-electron chi connectivity index (χ0n) is 14.3. The van der Waals surface area contributed by atoms with Crippen LogP contribution in [0.4, 0.5) is 0 Å². The van der Waals surface area contributed by atoms with E-state index in [1.807, 2.05) is 13.0 Å². The van der Waals surface area contributed by atoms with Crippen LogP contribution in [0.3, 0.4) is 0 Å². The highest BCUT2D eigenvalue weighted by molar-refractivity contribution is 5.95. The predicted octanol–water partition coefficient (Wildman–Crippen LogP) is 1.83. The van der Waals surface area contributed by atoms with E-state index in [2.05, 4.69) is 17.1 Å². The van der Waals surface area contributed by atoms with Crippen molar-refractivity contribution >= 4 is 5.91 Å². The lowest BCUT2D eigenvalue weighted by Gasteiger charge is -2.31. The Balaban J connectivity index is 1.79. The summed E-state index contributed by atoms with van der Waals surface area (Å²) in [5.41, 5.74) is 1.48. The van der Waals surface area contributed by atoms with Crippen molar-refractivity contribution in [2.24, 2.45) is 5.92 Å². The van der Waals surface area contributed by atoms with Gasteiger partial charge >= 0.3 is 0 Å². The molecule has 0 aliphatic carbocycles. The average Bonchev–Trinajstić information content (AvgIpc) is 2.54. The number of aliphatic hydroxyl groups is 1. The number of likely N-dealkylation sites (tertiary alicyclic amines) is 1. The number of hydrogen-bond donors (Lipinski definition) is 2. The van der Waals surface area contributed by atoms with E-state index in [-0.39, 0.29) is 12.5 Å². The number of piperidine rings is 1. The number of ether oxygens (including phenoxy) is 1. The third-order valence-electron chi connectivity index (χ3n) is 4.52. The van der Waals surface area contributed by atoms with Crippen LogP contribution in [0.1, 0.15) is 35.7 Å². The predicted molar refractivity (Wildman–Crippen MR) is 90.9 cm³/mol. The van der Waals surface area contributed by atoms with Gasteiger partial charge in [0.15, 0.2) is 0 Å². The summed E-state index contributed by atoms with van der Waals surface area (Å²) in [5.74, 6) is 1.36. The number of aryl methyl sites for hydroxylation is 1. The minimum absolute atomic E-state index is 0.156. The first-order valence-corrected chi connectivity index (χ1v) is 8.33. The van der Waals surface area contributed by atoms with Crippen molar-refractivity contribution in [3.63, 3.8) is 0 Å². The molecule has 1 aromatic rings. The molecule has 23 heavy (non-hydrogen) atoms. The smallest absolute Gasteiger partial charge is 0.251 e. The fourth-order valence-corrected chi connectivity index (χ4v) is 2.93. The second-order valence-corrected chi connectivity index (χ2v) is 6.53. The normalized spacial score (nSPS) is 17.7. The molecule has 5 heteroatoms. The van der Waals surface area contributed by atoms with E-state index in [9.17, 15) is 9.90 Å². The molecule has 1 aromatic carbocycles. The quantitative estimate of drug-likeness (QED) is 0.839. The molecule has 0 unspecified atom stereocenters. The van der Waals surface area contributed by atoms with Gasteiger partial charge in [-0.05, 0) is 62.5 Å². The van der Waals surface area contributed by atoms with Gasteiger partial charge in [0.1, 0.15) is 5.75 Å². The lowest BCUT2D eigenvalue weighted by Crippen LogP contribution is -2.43. The molecular formula is C18H28N2O3. The van der Waals surface area contributed by atoms with Gasteiger partial charge in [-0.15, -0.1) is 0 Å².